The topological polar surface area (TPSA) is 61.9 Å². The Morgan fingerprint density at radius 2 is 1.58 bits per heavy atom. The fourth-order valence-electron chi connectivity index (χ4n) is 5.13. The van der Waals surface area contributed by atoms with Crippen LogP contribution in [0.25, 0.3) is 0 Å². The molecule has 0 bridgehead atoms. The van der Waals surface area contributed by atoms with E-state index in [0.717, 1.165) is 42.9 Å². The molecule has 0 saturated carbocycles. The van der Waals surface area contributed by atoms with Gasteiger partial charge < -0.3 is 19.9 Å². The van der Waals surface area contributed by atoms with Crippen molar-refractivity contribution >= 4 is 58.1 Å². The average molecular weight is 553 g/mol. The molecule has 0 aliphatic carbocycles. The van der Waals surface area contributed by atoms with Crippen molar-refractivity contribution < 1.29 is 14.3 Å². The molecular formula is C27H32Cl3N3O3. The number of methoxy groups -OCH3 is 1. The van der Waals surface area contributed by atoms with E-state index in [1.54, 1.807) is 6.07 Å². The van der Waals surface area contributed by atoms with Crippen molar-refractivity contribution in [2.24, 2.45) is 11.8 Å². The van der Waals surface area contributed by atoms with Gasteiger partial charge in [-0.2, -0.15) is 0 Å². The second kappa shape index (κ2) is 11.9. The summed E-state index contributed by atoms with van der Waals surface area (Å²) in [5.74, 6) is -0.0251. The number of piperidine rings is 2. The highest BCUT2D eigenvalue weighted by atomic mass is 35.5. The number of nitrogens with one attached hydrogen (secondary N) is 1. The number of carbonyl (C=O) groups is 2. The molecule has 2 aliphatic rings. The monoisotopic (exact) mass is 551 g/mol. The van der Waals surface area contributed by atoms with Crippen LogP contribution in [-0.2, 0) is 14.3 Å². The Kier molecular flexibility index (Phi) is 8.91. The number of likely N-dealkylation sites (tertiary alicyclic amines) is 1. The van der Waals surface area contributed by atoms with Gasteiger partial charge in [0, 0.05) is 47.8 Å². The van der Waals surface area contributed by atoms with E-state index in [-0.39, 0.29) is 29.8 Å². The summed E-state index contributed by atoms with van der Waals surface area (Å²) in [6.45, 7) is 4.88. The molecule has 194 valence electrons. The van der Waals surface area contributed by atoms with Crippen LogP contribution in [0.15, 0.2) is 36.4 Å². The van der Waals surface area contributed by atoms with Crippen molar-refractivity contribution in [3.63, 3.8) is 0 Å². The van der Waals surface area contributed by atoms with Crippen molar-refractivity contribution in [1.82, 2.24) is 4.90 Å². The molecule has 0 aromatic heterocycles. The van der Waals surface area contributed by atoms with Gasteiger partial charge in [0.2, 0.25) is 5.91 Å². The number of anilines is 2. The second-order valence-corrected chi connectivity index (χ2v) is 10.8. The van der Waals surface area contributed by atoms with Crippen molar-refractivity contribution in [3.8, 4) is 0 Å². The molecule has 0 radical (unpaired) electrons. The zero-order chi connectivity index (χ0) is 25.8. The third kappa shape index (κ3) is 6.21. The van der Waals surface area contributed by atoms with E-state index in [1.165, 1.54) is 7.11 Å². The van der Waals surface area contributed by atoms with Gasteiger partial charge in [0.15, 0.2) is 0 Å². The highest BCUT2D eigenvalue weighted by molar-refractivity contribution is 6.35. The van der Waals surface area contributed by atoms with Gasteiger partial charge in [-0.15, -0.1) is 0 Å². The minimum Gasteiger partial charge on any atom is -0.469 e. The van der Waals surface area contributed by atoms with Gasteiger partial charge in [-0.05, 0) is 68.5 Å². The highest BCUT2D eigenvalue weighted by Gasteiger charge is 2.33. The molecule has 4 rings (SSSR count). The Balaban J connectivity index is 1.34. The summed E-state index contributed by atoms with van der Waals surface area (Å²) in [5, 5.41) is 5.32. The first kappa shape index (κ1) is 26.9. The number of ether oxygens (including phenoxy) is 1. The summed E-state index contributed by atoms with van der Waals surface area (Å²) in [6, 6.07) is 11.4. The van der Waals surface area contributed by atoms with Crippen molar-refractivity contribution in [2.45, 2.75) is 38.6 Å². The minimum absolute atomic E-state index is 0.0212. The van der Waals surface area contributed by atoms with E-state index in [0.29, 0.717) is 41.0 Å². The Hall–Kier alpha value is -2.15. The zero-order valence-electron chi connectivity index (χ0n) is 20.6. The minimum atomic E-state index is -0.169. The molecule has 1 amide bonds. The smallest absolute Gasteiger partial charge is 0.308 e. The summed E-state index contributed by atoms with van der Waals surface area (Å²) < 4.78 is 4.85. The molecule has 2 heterocycles. The van der Waals surface area contributed by atoms with E-state index < -0.39 is 0 Å². The fourth-order valence-corrected chi connectivity index (χ4v) is 5.87. The summed E-state index contributed by atoms with van der Waals surface area (Å²) in [4.78, 5) is 29.1. The van der Waals surface area contributed by atoms with E-state index in [9.17, 15) is 9.59 Å². The number of carbonyl (C=O) groups excluding carboxylic acids is 2. The van der Waals surface area contributed by atoms with Gasteiger partial charge in [-0.25, -0.2) is 0 Å². The molecule has 36 heavy (non-hydrogen) atoms. The molecule has 1 atom stereocenters. The largest absolute Gasteiger partial charge is 0.469 e. The molecule has 1 N–H and O–H groups in total. The summed E-state index contributed by atoms with van der Waals surface area (Å²) in [5.41, 5.74) is 2.85. The fraction of sp³-hybridized carbons (Fsp3) is 0.481. The predicted octanol–water partition coefficient (Wildman–Crippen LogP) is 6.45. The summed E-state index contributed by atoms with van der Waals surface area (Å²) in [6.07, 6.45) is 2.96. The standard InChI is InChI=1S/C27H32Cl3N3O3/c1-17(22-5-3-20(28)15-24(22)30)31-25-16-21(4-6-23(25)29)32-11-7-18(8-12-32)26(34)33-13-9-19(10-14-33)27(35)36-2/h3-6,15-19,31H,7-14H2,1-2H3. The van der Waals surface area contributed by atoms with Crippen LogP contribution in [0.1, 0.15) is 44.2 Å². The Morgan fingerprint density at radius 3 is 2.22 bits per heavy atom. The lowest BCUT2D eigenvalue weighted by Gasteiger charge is -2.37. The van der Waals surface area contributed by atoms with Crippen LogP contribution in [0, 0.1) is 11.8 Å². The van der Waals surface area contributed by atoms with Crippen LogP contribution < -0.4 is 10.2 Å². The number of hydrogen-bond donors (Lipinski definition) is 1. The van der Waals surface area contributed by atoms with Crippen LogP contribution in [0.5, 0.6) is 0 Å². The second-order valence-electron chi connectivity index (χ2n) is 9.58. The van der Waals surface area contributed by atoms with Crippen LogP contribution in [0.4, 0.5) is 11.4 Å². The molecule has 1 unspecified atom stereocenters. The summed E-state index contributed by atoms with van der Waals surface area (Å²) >= 11 is 18.9. The van der Waals surface area contributed by atoms with Crippen molar-refractivity contribution in [3.05, 3.63) is 57.0 Å². The predicted molar refractivity (Wildman–Crippen MR) is 146 cm³/mol. The zero-order valence-corrected chi connectivity index (χ0v) is 22.9. The number of hydrogen-bond acceptors (Lipinski definition) is 5. The van der Waals surface area contributed by atoms with Gasteiger partial charge in [-0.3, -0.25) is 9.59 Å². The number of esters is 1. The molecule has 2 fully saturated rings. The molecule has 2 aliphatic heterocycles. The van der Waals surface area contributed by atoms with Gasteiger partial charge >= 0.3 is 5.97 Å². The summed E-state index contributed by atoms with van der Waals surface area (Å²) in [7, 11) is 1.42. The quantitative estimate of drug-likeness (QED) is 0.418. The maximum atomic E-state index is 13.1. The van der Waals surface area contributed by atoms with Crippen molar-refractivity contribution in [2.75, 3.05) is 43.5 Å². The van der Waals surface area contributed by atoms with Gasteiger partial charge in [0.25, 0.3) is 0 Å². The Morgan fingerprint density at radius 1 is 0.917 bits per heavy atom. The van der Waals surface area contributed by atoms with Gasteiger partial charge in [0.1, 0.15) is 0 Å². The van der Waals surface area contributed by atoms with E-state index in [2.05, 4.69) is 16.3 Å². The number of rotatable bonds is 6. The van der Waals surface area contributed by atoms with E-state index >= 15 is 0 Å². The first-order valence-electron chi connectivity index (χ1n) is 12.4. The third-order valence-corrected chi connectivity index (χ3v) is 8.19. The highest BCUT2D eigenvalue weighted by Crippen LogP contribution is 2.35. The Labute approximate surface area is 227 Å². The number of halogens is 3. The lowest BCUT2D eigenvalue weighted by atomic mass is 9.92. The van der Waals surface area contributed by atoms with Gasteiger partial charge in [0.05, 0.1) is 29.8 Å². The first-order valence-corrected chi connectivity index (χ1v) is 13.5. The molecule has 9 heteroatoms. The van der Waals surface area contributed by atoms with Crippen LogP contribution in [0.3, 0.4) is 0 Å². The van der Waals surface area contributed by atoms with Gasteiger partial charge in [-0.1, -0.05) is 40.9 Å². The first-order chi connectivity index (χ1) is 17.3. The lowest BCUT2D eigenvalue weighted by molar-refractivity contribution is -0.149. The van der Waals surface area contributed by atoms with Crippen LogP contribution >= 0.6 is 34.8 Å². The number of nitrogens with zero attached hydrogens (tertiary/aromatic N) is 2. The maximum absolute atomic E-state index is 13.1. The normalized spacial score (nSPS) is 18.1. The maximum Gasteiger partial charge on any atom is 0.308 e. The molecule has 6 nitrogen and oxygen atoms in total. The molecule has 0 spiro atoms. The van der Waals surface area contributed by atoms with Crippen molar-refractivity contribution in [1.29, 1.82) is 0 Å². The van der Waals surface area contributed by atoms with E-state index in [4.69, 9.17) is 39.5 Å². The Bertz CT molecular complexity index is 1100. The van der Waals surface area contributed by atoms with Crippen LogP contribution in [0.2, 0.25) is 15.1 Å². The molecule has 2 saturated heterocycles. The average Bonchev–Trinajstić information content (AvgIpc) is 2.89. The molecule has 2 aromatic rings. The van der Waals surface area contributed by atoms with Crippen LogP contribution in [-0.4, -0.2) is 50.1 Å². The molecular weight excluding hydrogens is 521 g/mol. The third-order valence-electron chi connectivity index (χ3n) is 7.30. The molecule has 2 aromatic carbocycles. The SMILES string of the molecule is COC(=O)C1CCN(C(=O)C2CCN(c3ccc(Cl)c(NC(C)c4ccc(Cl)cc4Cl)c3)CC2)CC1. The lowest BCUT2D eigenvalue weighted by Crippen LogP contribution is -2.46. The van der Waals surface area contributed by atoms with E-state index in [1.807, 2.05) is 36.1 Å². The number of amides is 1. The number of benzene rings is 2.